The Labute approximate surface area is 215 Å². The van der Waals surface area contributed by atoms with Crippen LogP contribution < -0.4 is 22.1 Å². The standard InChI is InChI=1S/C27H36F2N4O4/c28-20-7-8-22(29)19(11-20)12-21(30)13-24(34)32-16-27(9-4-10-27)17-33-26(36)25(35)23(31)15-37-14-18-5-2-1-3-6-18/h1-3,5-8,11,21,23,25,35H,4,9-10,12-17,30-31H2,(H,32,34)(H,33,36). The van der Waals surface area contributed by atoms with Crippen LogP contribution in [0, 0.1) is 17.0 Å². The summed E-state index contributed by atoms with van der Waals surface area (Å²) in [5.74, 6) is -2.02. The molecule has 0 radical (unpaired) electrons. The molecule has 2 aromatic rings. The number of rotatable bonds is 14. The zero-order valence-corrected chi connectivity index (χ0v) is 20.8. The minimum Gasteiger partial charge on any atom is -0.382 e. The van der Waals surface area contributed by atoms with Crippen molar-refractivity contribution in [2.24, 2.45) is 16.9 Å². The Balaban J connectivity index is 1.38. The van der Waals surface area contributed by atoms with Crippen molar-refractivity contribution in [2.45, 2.75) is 56.9 Å². The number of carbonyl (C=O) groups excluding carboxylic acids is 2. The summed E-state index contributed by atoms with van der Waals surface area (Å²) in [4.78, 5) is 24.9. The second-order valence-corrected chi connectivity index (χ2v) is 9.86. The Bertz CT molecular complexity index is 1040. The van der Waals surface area contributed by atoms with Crippen molar-refractivity contribution < 1.29 is 28.2 Å². The van der Waals surface area contributed by atoms with Crippen LogP contribution >= 0.6 is 0 Å². The number of ether oxygens (including phenoxy) is 1. The van der Waals surface area contributed by atoms with Gasteiger partial charge in [-0.05, 0) is 48.6 Å². The topological polar surface area (TPSA) is 140 Å². The fraction of sp³-hybridized carbons (Fsp3) is 0.481. The summed E-state index contributed by atoms with van der Waals surface area (Å²) in [6.45, 7) is 0.952. The van der Waals surface area contributed by atoms with E-state index < -0.39 is 35.7 Å². The van der Waals surface area contributed by atoms with Gasteiger partial charge in [0.15, 0.2) is 0 Å². The lowest BCUT2D eigenvalue weighted by Gasteiger charge is -2.42. The number of hydrogen-bond acceptors (Lipinski definition) is 6. The van der Waals surface area contributed by atoms with E-state index in [9.17, 15) is 23.5 Å². The SMILES string of the molecule is NC(CC(=O)NCC1(CNC(=O)C(O)C(N)COCc2ccccc2)CCC1)Cc1cc(F)ccc1F. The average molecular weight is 519 g/mol. The Hall–Kier alpha value is -2.92. The van der Waals surface area contributed by atoms with Gasteiger partial charge in [-0.2, -0.15) is 0 Å². The van der Waals surface area contributed by atoms with Crippen LogP contribution in [-0.2, 0) is 27.4 Å². The van der Waals surface area contributed by atoms with Crippen molar-refractivity contribution in [3.05, 3.63) is 71.3 Å². The first-order valence-electron chi connectivity index (χ1n) is 12.5. The lowest BCUT2D eigenvalue weighted by molar-refractivity contribution is -0.132. The quantitative estimate of drug-likeness (QED) is 0.257. The van der Waals surface area contributed by atoms with Gasteiger partial charge in [0.1, 0.15) is 17.7 Å². The van der Waals surface area contributed by atoms with E-state index in [4.69, 9.17) is 16.2 Å². The molecule has 10 heteroatoms. The molecule has 2 amide bonds. The Kier molecular flexibility index (Phi) is 10.5. The van der Waals surface area contributed by atoms with Gasteiger partial charge in [-0.1, -0.05) is 36.8 Å². The third-order valence-corrected chi connectivity index (χ3v) is 6.75. The number of aliphatic hydroxyl groups excluding tert-OH is 1. The maximum Gasteiger partial charge on any atom is 0.250 e. The number of nitrogens with one attached hydrogen (secondary N) is 2. The molecule has 1 aliphatic carbocycles. The second kappa shape index (κ2) is 13.6. The first kappa shape index (κ1) is 28.6. The van der Waals surface area contributed by atoms with Gasteiger partial charge in [0.25, 0.3) is 5.91 Å². The molecule has 202 valence electrons. The van der Waals surface area contributed by atoms with E-state index in [1.54, 1.807) is 0 Å². The van der Waals surface area contributed by atoms with E-state index in [0.29, 0.717) is 13.2 Å². The molecule has 2 aromatic carbocycles. The van der Waals surface area contributed by atoms with Gasteiger partial charge >= 0.3 is 0 Å². The highest BCUT2D eigenvalue weighted by Gasteiger charge is 2.38. The zero-order valence-electron chi connectivity index (χ0n) is 20.8. The summed E-state index contributed by atoms with van der Waals surface area (Å²) >= 11 is 0. The van der Waals surface area contributed by atoms with Crippen molar-refractivity contribution in [1.29, 1.82) is 0 Å². The van der Waals surface area contributed by atoms with E-state index in [-0.39, 0.29) is 42.9 Å². The predicted molar refractivity (Wildman–Crippen MR) is 135 cm³/mol. The van der Waals surface area contributed by atoms with Crippen molar-refractivity contribution in [3.8, 4) is 0 Å². The number of aliphatic hydroxyl groups is 1. The van der Waals surface area contributed by atoms with Crippen molar-refractivity contribution in [3.63, 3.8) is 0 Å². The van der Waals surface area contributed by atoms with Crippen LogP contribution in [-0.4, -0.2) is 54.8 Å². The summed E-state index contributed by atoms with van der Waals surface area (Å²) in [5.41, 5.74) is 12.7. The molecule has 7 N–H and O–H groups in total. The molecule has 0 saturated heterocycles. The van der Waals surface area contributed by atoms with Crippen molar-refractivity contribution >= 4 is 11.8 Å². The van der Waals surface area contributed by atoms with Gasteiger partial charge in [0, 0.05) is 31.0 Å². The molecular weight excluding hydrogens is 482 g/mol. The Morgan fingerprint density at radius 1 is 1.05 bits per heavy atom. The van der Waals surface area contributed by atoms with E-state index in [2.05, 4.69) is 10.6 Å². The van der Waals surface area contributed by atoms with Crippen LogP contribution in [0.25, 0.3) is 0 Å². The molecule has 1 saturated carbocycles. The summed E-state index contributed by atoms with van der Waals surface area (Å²) in [6.07, 6.45) is 1.12. The highest BCUT2D eigenvalue weighted by Crippen LogP contribution is 2.39. The minimum atomic E-state index is -1.43. The molecule has 0 aromatic heterocycles. The summed E-state index contributed by atoms with van der Waals surface area (Å²) in [5, 5.41) is 15.9. The van der Waals surface area contributed by atoms with E-state index in [1.807, 2.05) is 30.3 Å². The van der Waals surface area contributed by atoms with Crippen LogP contribution in [0.3, 0.4) is 0 Å². The number of carbonyl (C=O) groups is 2. The normalized spacial score (nSPS) is 16.8. The van der Waals surface area contributed by atoms with E-state index >= 15 is 0 Å². The number of hydrogen-bond donors (Lipinski definition) is 5. The average Bonchev–Trinajstić information content (AvgIpc) is 2.85. The largest absolute Gasteiger partial charge is 0.382 e. The predicted octanol–water partition coefficient (Wildman–Crippen LogP) is 1.53. The maximum atomic E-state index is 13.8. The highest BCUT2D eigenvalue weighted by molar-refractivity contribution is 5.81. The fourth-order valence-electron chi connectivity index (χ4n) is 4.30. The van der Waals surface area contributed by atoms with Crippen molar-refractivity contribution in [1.82, 2.24) is 10.6 Å². The molecule has 3 rings (SSSR count). The van der Waals surface area contributed by atoms with Crippen LogP contribution in [0.1, 0.15) is 36.8 Å². The first-order chi connectivity index (χ1) is 17.7. The fourth-order valence-corrected chi connectivity index (χ4v) is 4.30. The third-order valence-electron chi connectivity index (χ3n) is 6.75. The number of amides is 2. The Morgan fingerprint density at radius 3 is 2.43 bits per heavy atom. The van der Waals surface area contributed by atoms with Gasteiger partial charge in [-0.25, -0.2) is 8.78 Å². The molecule has 0 heterocycles. The van der Waals surface area contributed by atoms with Crippen molar-refractivity contribution in [2.75, 3.05) is 19.7 Å². The van der Waals surface area contributed by atoms with Gasteiger partial charge in [-0.3, -0.25) is 9.59 Å². The third kappa shape index (κ3) is 8.85. The molecule has 8 nitrogen and oxygen atoms in total. The van der Waals surface area contributed by atoms with Gasteiger partial charge in [-0.15, -0.1) is 0 Å². The second-order valence-electron chi connectivity index (χ2n) is 9.86. The smallest absolute Gasteiger partial charge is 0.250 e. The lowest BCUT2D eigenvalue weighted by Crippen LogP contribution is -2.54. The van der Waals surface area contributed by atoms with E-state index in [1.165, 1.54) is 0 Å². The monoisotopic (exact) mass is 518 g/mol. The molecule has 0 aliphatic heterocycles. The molecule has 3 atom stereocenters. The van der Waals surface area contributed by atoms with Gasteiger partial charge in [0.05, 0.1) is 19.3 Å². The summed E-state index contributed by atoms with van der Waals surface area (Å²) < 4.78 is 32.7. The molecule has 37 heavy (non-hydrogen) atoms. The Morgan fingerprint density at radius 2 is 1.76 bits per heavy atom. The van der Waals surface area contributed by atoms with E-state index in [0.717, 1.165) is 43.0 Å². The van der Waals surface area contributed by atoms with Crippen LogP contribution in [0.15, 0.2) is 48.5 Å². The van der Waals surface area contributed by atoms with Crippen LogP contribution in [0.4, 0.5) is 8.78 Å². The van der Waals surface area contributed by atoms with Crippen LogP contribution in [0.5, 0.6) is 0 Å². The minimum absolute atomic E-state index is 0.0183. The first-order valence-corrected chi connectivity index (χ1v) is 12.5. The summed E-state index contributed by atoms with van der Waals surface area (Å²) in [6, 6.07) is 11.1. The molecule has 0 bridgehead atoms. The van der Waals surface area contributed by atoms with Crippen LogP contribution in [0.2, 0.25) is 0 Å². The molecule has 0 spiro atoms. The number of benzene rings is 2. The molecule has 3 unspecified atom stereocenters. The summed E-state index contributed by atoms with van der Waals surface area (Å²) in [7, 11) is 0. The lowest BCUT2D eigenvalue weighted by atomic mass is 9.68. The van der Waals surface area contributed by atoms with Gasteiger partial charge in [0.2, 0.25) is 5.91 Å². The molecule has 1 aliphatic rings. The highest BCUT2D eigenvalue weighted by atomic mass is 19.1. The maximum absolute atomic E-state index is 13.8. The molecular formula is C27H36F2N4O4. The number of nitrogens with two attached hydrogens (primary N) is 2. The zero-order chi connectivity index (χ0) is 26.8. The number of halogens is 2. The van der Waals surface area contributed by atoms with Gasteiger partial charge < -0.3 is 31.9 Å². The molecule has 1 fully saturated rings.